The van der Waals surface area contributed by atoms with Crippen molar-refractivity contribution >= 4 is 29.1 Å². The molecule has 0 spiro atoms. The first-order chi connectivity index (χ1) is 11.6. The van der Waals surface area contributed by atoms with Gasteiger partial charge in [-0.1, -0.05) is 18.7 Å². The monoisotopic (exact) mass is 328 g/mol. The van der Waals surface area contributed by atoms with E-state index in [4.69, 9.17) is 0 Å². The Hall–Kier alpha value is -2.83. The summed E-state index contributed by atoms with van der Waals surface area (Å²) < 4.78 is 0. The minimum absolute atomic E-state index is 0.0368. The number of amides is 3. The number of para-hydroxylation sites is 2. The van der Waals surface area contributed by atoms with Crippen LogP contribution in [0.25, 0.3) is 0 Å². The largest absolute Gasteiger partial charge is 0.351 e. The van der Waals surface area contributed by atoms with E-state index in [1.54, 1.807) is 14.7 Å². The van der Waals surface area contributed by atoms with Crippen LogP contribution in [-0.2, 0) is 14.4 Å². The highest BCUT2D eigenvalue weighted by Gasteiger charge is 2.27. The van der Waals surface area contributed by atoms with Gasteiger partial charge in [-0.15, -0.1) is 0 Å². The Morgan fingerprint density at radius 1 is 1.12 bits per heavy atom. The van der Waals surface area contributed by atoms with Gasteiger partial charge in [0, 0.05) is 26.2 Å². The molecule has 0 radical (unpaired) electrons. The third kappa shape index (κ3) is 3.24. The fourth-order valence-electron chi connectivity index (χ4n) is 3.01. The van der Waals surface area contributed by atoms with Gasteiger partial charge in [-0.05, 0) is 18.2 Å². The summed E-state index contributed by atoms with van der Waals surface area (Å²) in [5.74, 6) is -0.267. The number of carbonyl (C=O) groups is 3. The van der Waals surface area contributed by atoms with Gasteiger partial charge in [-0.2, -0.15) is 0 Å². The normalized spacial score (nSPS) is 17.2. The summed E-state index contributed by atoms with van der Waals surface area (Å²) >= 11 is 0. The number of benzene rings is 1. The third-order valence-corrected chi connectivity index (χ3v) is 4.30. The van der Waals surface area contributed by atoms with Crippen LogP contribution in [0.4, 0.5) is 11.4 Å². The van der Waals surface area contributed by atoms with Crippen molar-refractivity contribution in [2.75, 3.05) is 49.5 Å². The lowest BCUT2D eigenvalue weighted by Gasteiger charge is -2.36. The molecule has 3 rings (SSSR count). The van der Waals surface area contributed by atoms with Crippen LogP contribution in [0.2, 0.25) is 0 Å². The number of nitrogens with one attached hydrogen (secondary N) is 1. The highest BCUT2D eigenvalue weighted by molar-refractivity contribution is 6.02. The topological polar surface area (TPSA) is 73.0 Å². The minimum atomic E-state index is -0.122. The summed E-state index contributed by atoms with van der Waals surface area (Å²) in [5, 5.41) is 2.81. The summed E-state index contributed by atoms with van der Waals surface area (Å²) in [4.78, 5) is 41.2. The van der Waals surface area contributed by atoms with Crippen molar-refractivity contribution in [2.24, 2.45) is 0 Å². The van der Waals surface area contributed by atoms with Crippen LogP contribution in [0.5, 0.6) is 0 Å². The van der Waals surface area contributed by atoms with E-state index in [1.807, 2.05) is 24.3 Å². The lowest BCUT2D eigenvalue weighted by Crippen LogP contribution is -2.53. The van der Waals surface area contributed by atoms with Gasteiger partial charge >= 0.3 is 0 Å². The third-order valence-electron chi connectivity index (χ3n) is 4.30. The Kier molecular flexibility index (Phi) is 4.50. The number of piperazine rings is 1. The molecule has 0 saturated carbocycles. The molecule has 3 amide bonds. The van der Waals surface area contributed by atoms with E-state index >= 15 is 0 Å². The van der Waals surface area contributed by atoms with Gasteiger partial charge in [0.05, 0.1) is 24.5 Å². The lowest BCUT2D eigenvalue weighted by molar-refractivity contribution is -0.136. The van der Waals surface area contributed by atoms with Crippen LogP contribution in [0.15, 0.2) is 36.9 Å². The number of fused-ring (bicyclic) bond motifs is 1. The predicted octanol–water partition coefficient (Wildman–Crippen LogP) is 0.302. The van der Waals surface area contributed by atoms with Crippen molar-refractivity contribution in [3.63, 3.8) is 0 Å². The molecular formula is C17H20N4O3. The zero-order valence-electron chi connectivity index (χ0n) is 13.4. The molecule has 0 atom stereocenters. The van der Waals surface area contributed by atoms with E-state index in [9.17, 15) is 14.4 Å². The molecule has 0 unspecified atom stereocenters. The highest BCUT2D eigenvalue weighted by Crippen LogP contribution is 2.28. The van der Waals surface area contributed by atoms with Gasteiger partial charge in [0.15, 0.2) is 0 Å². The Morgan fingerprint density at radius 2 is 1.79 bits per heavy atom. The van der Waals surface area contributed by atoms with Crippen LogP contribution in [0, 0.1) is 0 Å². The van der Waals surface area contributed by atoms with Crippen molar-refractivity contribution in [1.82, 2.24) is 9.80 Å². The molecule has 1 fully saturated rings. The maximum Gasteiger partial charge on any atom is 0.246 e. The second-order valence-corrected chi connectivity index (χ2v) is 5.83. The van der Waals surface area contributed by atoms with Gasteiger partial charge in [0.1, 0.15) is 0 Å². The Balaban J connectivity index is 1.63. The smallest absolute Gasteiger partial charge is 0.246 e. The molecule has 7 heteroatoms. The lowest BCUT2D eigenvalue weighted by atomic mass is 10.2. The van der Waals surface area contributed by atoms with Crippen molar-refractivity contribution in [2.45, 2.75) is 0 Å². The molecule has 2 aliphatic rings. The van der Waals surface area contributed by atoms with Crippen molar-refractivity contribution in [3.05, 3.63) is 36.9 Å². The molecule has 1 N–H and O–H groups in total. The predicted molar refractivity (Wildman–Crippen MR) is 90.6 cm³/mol. The molecule has 1 saturated heterocycles. The van der Waals surface area contributed by atoms with Crippen LogP contribution in [0.3, 0.4) is 0 Å². The molecule has 1 aromatic carbocycles. The molecule has 7 nitrogen and oxygen atoms in total. The summed E-state index contributed by atoms with van der Waals surface area (Å²) in [6.45, 7) is 5.81. The first kappa shape index (κ1) is 16.0. The SMILES string of the molecule is C=CC(=O)N1CCN(C(=O)CN2CC(=O)Nc3ccccc32)CC1. The molecule has 0 aromatic heterocycles. The fraction of sp³-hybridized carbons (Fsp3) is 0.353. The average molecular weight is 328 g/mol. The van der Waals surface area contributed by atoms with Gasteiger partial charge in [-0.25, -0.2) is 0 Å². The summed E-state index contributed by atoms with van der Waals surface area (Å²) in [7, 11) is 0. The Morgan fingerprint density at radius 3 is 2.50 bits per heavy atom. The molecule has 2 heterocycles. The van der Waals surface area contributed by atoms with Gasteiger partial charge in [0.25, 0.3) is 0 Å². The van der Waals surface area contributed by atoms with Crippen LogP contribution >= 0.6 is 0 Å². The number of carbonyl (C=O) groups excluding carboxylic acids is 3. The Bertz CT molecular complexity index is 680. The second kappa shape index (κ2) is 6.74. The van der Waals surface area contributed by atoms with E-state index in [0.29, 0.717) is 26.2 Å². The molecule has 0 bridgehead atoms. The average Bonchev–Trinajstić information content (AvgIpc) is 2.61. The second-order valence-electron chi connectivity index (χ2n) is 5.83. The van der Waals surface area contributed by atoms with Gasteiger partial charge in [0.2, 0.25) is 17.7 Å². The first-order valence-electron chi connectivity index (χ1n) is 7.91. The zero-order chi connectivity index (χ0) is 17.1. The number of hydrogen-bond donors (Lipinski definition) is 1. The first-order valence-corrected chi connectivity index (χ1v) is 7.91. The fourth-order valence-corrected chi connectivity index (χ4v) is 3.01. The van der Waals surface area contributed by atoms with E-state index in [1.165, 1.54) is 6.08 Å². The summed E-state index contributed by atoms with van der Waals surface area (Å²) in [6, 6.07) is 7.44. The number of nitrogens with zero attached hydrogens (tertiary/aromatic N) is 3. The number of rotatable bonds is 3. The maximum atomic E-state index is 12.6. The number of anilines is 2. The summed E-state index contributed by atoms with van der Waals surface area (Å²) in [5.41, 5.74) is 1.58. The van der Waals surface area contributed by atoms with Crippen molar-refractivity contribution in [1.29, 1.82) is 0 Å². The summed E-state index contributed by atoms with van der Waals surface area (Å²) in [6.07, 6.45) is 1.29. The van der Waals surface area contributed by atoms with Gasteiger partial charge in [-0.3, -0.25) is 14.4 Å². The zero-order valence-corrected chi connectivity index (χ0v) is 13.4. The van der Waals surface area contributed by atoms with E-state index in [2.05, 4.69) is 11.9 Å². The molecular weight excluding hydrogens is 308 g/mol. The quantitative estimate of drug-likeness (QED) is 0.810. The van der Waals surface area contributed by atoms with E-state index in [-0.39, 0.29) is 30.8 Å². The molecule has 1 aromatic rings. The molecule has 0 aliphatic carbocycles. The molecule has 126 valence electrons. The Labute approximate surface area is 140 Å². The van der Waals surface area contributed by atoms with E-state index < -0.39 is 0 Å². The van der Waals surface area contributed by atoms with Crippen molar-refractivity contribution < 1.29 is 14.4 Å². The van der Waals surface area contributed by atoms with Gasteiger partial charge < -0.3 is 20.0 Å². The van der Waals surface area contributed by atoms with E-state index in [0.717, 1.165) is 11.4 Å². The van der Waals surface area contributed by atoms with Crippen LogP contribution < -0.4 is 10.2 Å². The standard InChI is InChI=1S/C17H20N4O3/c1-2-16(23)19-7-9-20(10-8-19)17(24)12-21-11-15(22)18-13-5-3-4-6-14(13)21/h2-6H,1,7-12H2,(H,18,22). The van der Waals surface area contributed by atoms with Crippen LogP contribution in [-0.4, -0.2) is 66.8 Å². The number of hydrogen-bond acceptors (Lipinski definition) is 4. The maximum absolute atomic E-state index is 12.6. The highest BCUT2D eigenvalue weighted by atomic mass is 16.2. The van der Waals surface area contributed by atoms with Crippen LogP contribution in [0.1, 0.15) is 0 Å². The minimum Gasteiger partial charge on any atom is -0.351 e. The molecule has 24 heavy (non-hydrogen) atoms. The van der Waals surface area contributed by atoms with Crippen molar-refractivity contribution in [3.8, 4) is 0 Å². The molecule has 2 aliphatic heterocycles.